The van der Waals surface area contributed by atoms with E-state index in [1.54, 1.807) is 0 Å². The summed E-state index contributed by atoms with van der Waals surface area (Å²) in [4.78, 5) is 37.4. The molecule has 0 radical (unpaired) electrons. The summed E-state index contributed by atoms with van der Waals surface area (Å²) in [5, 5.41) is 2.95. The minimum absolute atomic E-state index is 0.0255. The van der Waals surface area contributed by atoms with Crippen molar-refractivity contribution in [2.45, 2.75) is 31.7 Å². The van der Waals surface area contributed by atoms with E-state index in [1.807, 2.05) is 48.5 Å². The van der Waals surface area contributed by atoms with Gasteiger partial charge in [-0.3, -0.25) is 19.3 Å². The summed E-state index contributed by atoms with van der Waals surface area (Å²) in [7, 11) is 0. The Kier molecular flexibility index (Phi) is 4.59. The van der Waals surface area contributed by atoms with Gasteiger partial charge in [0.1, 0.15) is 0 Å². The lowest BCUT2D eigenvalue weighted by molar-refractivity contribution is -0.139. The number of hydrogen-bond donors (Lipinski definition) is 1. The average molecular weight is 360 g/mol. The molecule has 0 fully saturated rings. The van der Waals surface area contributed by atoms with Gasteiger partial charge in [-0.15, -0.1) is 0 Å². The van der Waals surface area contributed by atoms with Gasteiger partial charge in [-0.1, -0.05) is 36.4 Å². The summed E-state index contributed by atoms with van der Waals surface area (Å²) >= 11 is 0. The fourth-order valence-corrected chi connectivity index (χ4v) is 3.79. The number of fused-ring (bicyclic) bond motifs is 1. The van der Waals surface area contributed by atoms with Crippen LogP contribution in [0.4, 0.5) is 5.69 Å². The molecule has 27 heavy (non-hydrogen) atoms. The van der Waals surface area contributed by atoms with Crippen LogP contribution < -0.4 is 5.32 Å². The summed E-state index contributed by atoms with van der Waals surface area (Å²) < 4.78 is 0. The molecule has 1 aliphatic heterocycles. The molecule has 2 aromatic rings. The molecule has 4 rings (SSSR count). The first-order valence-corrected chi connectivity index (χ1v) is 9.13. The lowest BCUT2D eigenvalue weighted by Gasteiger charge is -2.23. The Balaban J connectivity index is 1.41. The van der Waals surface area contributed by atoms with E-state index >= 15 is 0 Å². The van der Waals surface area contributed by atoms with Gasteiger partial charge >= 0.3 is 0 Å². The number of benzene rings is 2. The van der Waals surface area contributed by atoms with Crippen molar-refractivity contribution in [1.82, 2.24) is 4.90 Å². The molecule has 5 nitrogen and oxygen atoms in total. The van der Waals surface area contributed by atoms with Crippen molar-refractivity contribution in [3.05, 3.63) is 77.4 Å². The van der Waals surface area contributed by atoms with E-state index in [4.69, 9.17) is 0 Å². The monoisotopic (exact) mass is 360 g/mol. The summed E-state index contributed by atoms with van der Waals surface area (Å²) in [5.74, 6) is -0.533. The predicted octanol–water partition coefficient (Wildman–Crippen LogP) is 3.17. The van der Waals surface area contributed by atoms with Gasteiger partial charge in [0.25, 0.3) is 11.8 Å². The average Bonchev–Trinajstić information content (AvgIpc) is 3.23. The second-order valence-corrected chi connectivity index (χ2v) is 6.88. The molecule has 0 aromatic heterocycles. The van der Waals surface area contributed by atoms with Crippen LogP contribution in [0.25, 0.3) is 0 Å². The van der Waals surface area contributed by atoms with E-state index in [0.29, 0.717) is 12.8 Å². The minimum Gasteiger partial charge on any atom is -0.326 e. The van der Waals surface area contributed by atoms with Crippen molar-refractivity contribution in [1.29, 1.82) is 0 Å². The van der Waals surface area contributed by atoms with Gasteiger partial charge in [-0.05, 0) is 48.1 Å². The highest BCUT2D eigenvalue weighted by Crippen LogP contribution is 2.38. The van der Waals surface area contributed by atoms with Crippen molar-refractivity contribution < 1.29 is 14.4 Å². The van der Waals surface area contributed by atoms with Gasteiger partial charge in [0, 0.05) is 24.3 Å². The Morgan fingerprint density at radius 1 is 1.04 bits per heavy atom. The van der Waals surface area contributed by atoms with E-state index in [2.05, 4.69) is 5.32 Å². The van der Waals surface area contributed by atoms with Crippen LogP contribution in [0.3, 0.4) is 0 Å². The largest absolute Gasteiger partial charge is 0.326 e. The van der Waals surface area contributed by atoms with E-state index < -0.39 is 0 Å². The number of carbonyl (C=O) groups is 3. The first-order chi connectivity index (χ1) is 13.1. The first-order valence-electron chi connectivity index (χ1n) is 9.13. The summed E-state index contributed by atoms with van der Waals surface area (Å²) in [5.41, 5.74) is 3.96. The molecule has 3 amide bonds. The zero-order chi connectivity index (χ0) is 18.8. The Morgan fingerprint density at radius 2 is 1.78 bits per heavy atom. The van der Waals surface area contributed by atoms with E-state index in [1.165, 1.54) is 17.1 Å². The van der Waals surface area contributed by atoms with Crippen LogP contribution in [0, 0.1) is 0 Å². The smallest absolute Gasteiger partial charge is 0.254 e. The van der Waals surface area contributed by atoms with Gasteiger partial charge in [0.05, 0.1) is 6.04 Å². The summed E-state index contributed by atoms with van der Waals surface area (Å²) in [6, 6.07) is 15.4. The van der Waals surface area contributed by atoms with Crippen LogP contribution >= 0.6 is 0 Å². The molecule has 0 bridgehead atoms. The summed E-state index contributed by atoms with van der Waals surface area (Å²) in [6.07, 6.45) is 5.27. The van der Waals surface area contributed by atoms with Crippen LogP contribution in [0.2, 0.25) is 0 Å². The number of anilines is 1. The fraction of sp³-hybridized carbons (Fsp3) is 0.227. The third-order valence-electron chi connectivity index (χ3n) is 5.11. The molecule has 0 saturated carbocycles. The molecule has 136 valence electrons. The molecule has 1 aliphatic carbocycles. The van der Waals surface area contributed by atoms with Crippen LogP contribution in [0.1, 0.15) is 35.6 Å². The molecule has 5 heteroatoms. The Morgan fingerprint density at radius 3 is 2.52 bits per heavy atom. The molecule has 2 aromatic carbocycles. The highest BCUT2D eigenvalue weighted by Gasteiger charge is 2.36. The van der Waals surface area contributed by atoms with Gasteiger partial charge in [-0.2, -0.15) is 0 Å². The van der Waals surface area contributed by atoms with Crippen molar-refractivity contribution >= 4 is 23.4 Å². The minimum atomic E-state index is -0.254. The first kappa shape index (κ1) is 17.2. The van der Waals surface area contributed by atoms with Gasteiger partial charge in [-0.25, -0.2) is 0 Å². The standard InChI is InChI=1S/C22H20N2O3/c25-20(11-6-15-4-2-1-3-5-15)23-17-8-9-18-16(14-17)7-10-19(18)24-21(26)12-13-22(24)27/h1-5,8-9,12-14,19H,6-7,10-11H2,(H,23,25)/t19-/m0/s1. The van der Waals surface area contributed by atoms with Crippen molar-refractivity contribution in [3.63, 3.8) is 0 Å². The van der Waals surface area contributed by atoms with Crippen LogP contribution in [0.15, 0.2) is 60.7 Å². The number of rotatable bonds is 5. The zero-order valence-corrected chi connectivity index (χ0v) is 14.9. The third-order valence-corrected chi connectivity index (χ3v) is 5.11. The molecule has 1 heterocycles. The van der Waals surface area contributed by atoms with E-state index in [9.17, 15) is 14.4 Å². The Hall–Kier alpha value is -3.21. The molecule has 2 aliphatic rings. The maximum Gasteiger partial charge on any atom is 0.254 e. The van der Waals surface area contributed by atoms with Crippen molar-refractivity contribution in [2.24, 2.45) is 0 Å². The van der Waals surface area contributed by atoms with Crippen LogP contribution in [-0.2, 0) is 27.2 Å². The Labute approximate surface area is 157 Å². The fourth-order valence-electron chi connectivity index (χ4n) is 3.79. The third kappa shape index (κ3) is 3.53. The molecule has 1 atom stereocenters. The highest BCUT2D eigenvalue weighted by atomic mass is 16.2. The van der Waals surface area contributed by atoms with Gasteiger partial charge < -0.3 is 5.32 Å². The molecule has 0 spiro atoms. The number of hydrogen-bond acceptors (Lipinski definition) is 3. The van der Waals surface area contributed by atoms with E-state index in [0.717, 1.165) is 35.2 Å². The molecule has 0 saturated heterocycles. The lowest BCUT2D eigenvalue weighted by atomic mass is 10.1. The molecule has 0 unspecified atom stereocenters. The number of aryl methyl sites for hydroxylation is 2. The zero-order valence-electron chi connectivity index (χ0n) is 14.9. The molecular formula is C22H20N2O3. The van der Waals surface area contributed by atoms with Crippen LogP contribution in [0.5, 0.6) is 0 Å². The van der Waals surface area contributed by atoms with Gasteiger partial charge in [0.2, 0.25) is 5.91 Å². The van der Waals surface area contributed by atoms with Gasteiger partial charge in [0.15, 0.2) is 0 Å². The Bertz CT molecular complexity index is 916. The SMILES string of the molecule is O=C(CCc1ccccc1)Nc1ccc2c(c1)CC[C@@H]2N1C(=O)C=CC1=O. The number of imide groups is 1. The van der Waals surface area contributed by atoms with Crippen LogP contribution in [-0.4, -0.2) is 22.6 Å². The molecular weight excluding hydrogens is 340 g/mol. The second-order valence-electron chi connectivity index (χ2n) is 6.88. The molecule has 1 N–H and O–H groups in total. The predicted molar refractivity (Wildman–Crippen MR) is 102 cm³/mol. The lowest BCUT2D eigenvalue weighted by Crippen LogP contribution is -2.33. The second kappa shape index (κ2) is 7.19. The summed E-state index contributed by atoms with van der Waals surface area (Å²) in [6.45, 7) is 0. The van der Waals surface area contributed by atoms with Crippen molar-refractivity contribution in [3.8, 4) is 0 Å². The van der Waals surface area contributed by atoms with E-state index in [-0.39, 0.29) is 23.8 Å². The van der Waals surface area contributed by atoms with Crippen molar-refractivity contribution in [2.75, 3.05) is 5.32 Å². The normalized spacial score (nSPS) is 18.1. The highest BCUT2D eigenvalue weighted by molar-refractivity contribution is 6.13. The number of carbonyl (C=O) groups excluding carboxylic acids is 3. The topological polar surface area (TPSA) is 66.5 Å². The number of nitrogens with one attached hydrogen (secondary N) is 1. The maximum absolute atomic E-state index is 12.2. The quantitative estimate of drug-likeness (QED) is 0.833. The number of amides is 3. The maximum atomic E-state index is 12.2. The number of nitrogens with zero attached hydrogens (tertiary/aromatic N) is 1.